The van der Waals surface area contributed by atoms with Crippen LogP contribution in [0.5, 0.6) is 28.9 Å². The number of ether oxygens (including phenoxy) is 4. The van der Waals surface area contributed by atoms with Gasteiger partial charge < -0.3 is 43.8 Å². The molecule has 1 aromatic heterocycles. The van der Waals surface area contributed by atoms with E-state index in [-0.39, 0.29) is 17.1 Å². The number of carbonyl (C=O) groups is 1. The lowest BCUT2D eigenvalue weighted by atomic mass is 9.86. The Morgan fingerprint density at radius 1 is 0.930 bits per heavy atom. The van der Waals surface area contributed by atoms with E-state index in [0.29, 0.717) is 28.7 Å². The fourth-order valence-corrected chi connectivity index (χ4v) is 5.78. The van der Waals surface area contributed by atoms with E-state index in [9.17, 15) is 4.79 Å². The molecule has 43 heavy (non-hydrogen) atoms. The van der Waals surface area contributed by atoms with Crippen LogP contribution in [0.2, 0.25) is 0 Å². The van der Waals surface area contributed by atoms with Gasteiger partial charge in [0.2, 0.25) is 0 Å². The Hall–Kier alpha value is -3.89. The predicted octanol–water partition coefficient (Wildman–Crippen LogP) is 5.62. The van der Waals surface area contributed by atoms with Gasteiger partial charge in [-0.15, -0.1) is 0 Å². The molecular formula is C33H44N4O6. The summed E-state index contributed by atoms with van der Waals surface area (Å²) in [5.41, 5.74) is 3.83. The summed E-state index contributed by atoms with van der Waals surface area (Å²) < 4.78 is 28.7. The fraction of sp³-hybridized carbons (Fsp3) is 0.485. The topological polar surface area (TPSA) is 97.7 Å². The van der Waals surface area contributed by atoms with Gasteiger partial charge in [0.25, 0.3) is 11.9 Å². The summed E-state index contributed by atoms with van der Waals surface area (Å²) in [5, 5.41) is 6.34. The number of amides is 1. The number of carbonyl (C=O) groups excluding carboxylic acids is 1. The van der Waals surface area contributed by atoms with Gasteiger partial charge in [0.05, 0.1) is 21.3 Å². The lowest BCUT2D eigenvalue weighted by molar-refractivity contribution is 0.0991. The number of hydrogen-bond donors (Lipinski definition) is 2. The number of fused-ring (bicyclic) bond motifs is 1. The monoisotopic (exact) mass is 592 g/mol. The Morgan fingerprint density at radius 3 is 2.30 bits per heavy atom. The van der Waals surface area contributed by atoms with E-state index in [1.807, 2.05) is 24.3 Å². The van der Waals surface area contributed by atoms with Crippen LogP contribution in [0.15, 0.2) is 40.8 Å². The highest BCUT2D eigenvalue weighted by molar-refractivity contribution is 6.04. The number of methoxy groups -OCH3 is 3. The van der Waals surface area contributed by atoms with Crippen LogP contribution in [0.4, 0.5) is 11.4 Å². The Kier molecular flexibility index (Phi) is 9.37. The highest BCUT2D eigenvalue weighted by Crippen LogP contribution is 2.45. The van der Waals surface area contributed by atoms with E-state index >= 15 is 0 Å². The summed E-state index contributed by atoms with van der Waals surface area (Å²) in [7, 11) is 6.91. The Bertz CT molecular complexity index is 1400. The third kappa shape index (κ3) is 7.02. The molecule has 0 bridgehead atoms. The molecule has 5 rings (SSSR count). The predicted molar refractivity (Wildman–Crippen MR) is 168 cm³/mol. The number of benzene rings is 2. The maximum atomic E-state index is 13.2. The molecule has 10 nitrogen and oxygen atoms in total. The van der Waals surface area contributed by atoms with Gasteiger partial charge in [0.1, 0.15) is 17.2 Å². The SMILES string of the molecule is COc1cc2c(cc1Oc1ccc(C(=O)Nc3c(OC)cc(NCCCN4CCN(C)CC4)cc3OC)o1)C(C)(C)CC2. The van der Waals surface area contributed by atoms with Crippen molar-refractivity contribution in [3.8, 4) is 28.9 Å². The zero-order valence-electron chi connectivity index (χ0n) is 26.2. The zero-order chi connectivity index (χ0) is 30.6. The van der Waals surface area contributed by atoms with Crippen molar-refractivity contribution in [3.63, 3.8) is 0 Å². The third-order valence-electron chi connectivity index (χ3n) is 8.47. The minimum Gasteiger partial charge on any atom is -0.494 e. The molecular weight excluding hydrogens is 548 g/mol. The van der Waals surface area contributed by atoms with Gasteiger partial charge in [-0.1, -0.05) is 13.8 Å². The first-order valence-corrected chi connectivity index (χ1v) is 14.9. The molecule has 2 aliphatic rings. The average Bonchev–Trinajstić information content (AvgIpc) is 3.59. The van der Waals surface area contributed by atoms with Crippen LogP contribution in [0.25, 0.3) is 0 Å². The maximum Gasteiger partial charge on any atom is 0.291 e. The number of hydrogen-bond acceptors (Lipinski definition) is 9. The van der Waals surface area contributed by atoms with Gasteiger partial charge in [0, 0.05) is 56.6 Å². The normalized spacial score (nSPS) is 16.4. The largest absolute Gasteiger partial charge is 0.494 e. The average molecular weight is 593 g/mol. The van der Waals surface area contributed by atoms with Gasteiger partial charge in [-0.05, 0) is 67.6 Å². The van der Waals surface area contributed by atoms with Crippen LogP contribution in [0, 0.1) is 0 Å². The second-order valence-corrected chi connectivity index (χ2v) is 11.9. The number of furan rings is 1. The molecule has 0 unspecified atom stereocenters. The molecule has 1 aliphatic heterocycles. The molecule has 0 saturated carbocycles. The van der Waals surface area contributed by atoms with Gasteiger partial charge in [-0.2, -0.15) is 0 Å². The lowest BCUT2D eigenvalue weighted by Gasteiger charge is -2.32. The smallest absolute Gasteiger partial charge is 0.291 e. The molecule has 1 saturated heterocycles. The minimum absolute atomic E-state index is 0.0573. The number of piperazine rings is 1. The van der Waals surface area contributed by atoms with Crippen molar-refractivity contribution >= 4 is 17.3 Å². The van der Waals surface area contributed by atoms with E-state index in [2.05, 4.69) is 41.3 Å². The zero-order valence-corrected chi connectivity index (χ0v) is 26.2. The first-order valence-electron chi connectivity index (χ1n) is 14.9. The van der Waals surface area contributed by atoms with Crippen molar-refractivity contribution in [2.24, 2.45) is 0 Å². The van der Waals surface area contributed by atoms with Crippen molar-refractivity contribution in [2.45, 2.75) is 38.5 Å². The van der Waals surface area contributed by atoms with Crippen molar-refractivity contribution in [3.05, 3.63) is 53.3 Å². The van der Waals surface area contributed by atoms with Crippen LogP contribution < -0.4 is 29.6 Å². The highest BCUT2D eigenvalue weighted by atomic mass is 16.6. The van der Waals surface area contributed by atoms with Crippen molar-refractivity contribution in [1.29, 1.82) is 0 Å². The first kappa shape index (κ1) is 30.6. The van der Waals surface area contributed by atoms with Crippen LogP contribution >= 0.6 is 0 Å². The molecule has 2 N–H and O–H groups in total. The summed E-state index contributed by atoms with van der Waals surface area (Å²) >= 11 is 0. The number of anilines is 2. The second-order valence-electron chi connectivity index (χ2n) is 11.9. The lowest BCUT2D eigenvalue weighted by Crippen LogP contribution is -2.44. The molecule has 1 amide bonds. The molecule has 0 atom stereocenters. The Balaban J connectivity index is 1.23. The minimum atomic E-state index is -0.457. The van der Waals surface area contributed by atoms with Crippen molar-refractivity contribution in [1.82, 2.24) is 9.80 Å². The van der Waals surface area contributed by atoms with Crippen LogP contribution in [0.3, 0.4) is 0 Å². The van der Waals surface area contributed by atoms with E-state index in [0.717, 1.165) is 64.2 Å². The van der Waals surface area contributed by atoms with Crippen LogP contribution in [-0.4, -0.2) is 83.4 Å². The standard InChI is InChI=1S/C33H44N4O6/c1-33(2)11-10-22-18-26(39-4)27(21-24(22)33)43-30-9-8-25(42-30)32(38)35-31-28(40-5)19-23(20-29(31)41-6)34-12-7-13-37-16-14-36(3)15-17-37/h8-9,18-21,34H,7,10-17H2,1-6H3,(H,35,38). The van der Waals surface area contributed by atoms with E-state index in [1.54, 1.807) is 33.5 Å². The molecule has 10 heteroatoms. The second kappa shape index (κ2) is 13.2. The van der Waals surface area contributed by atoms with E-state index < -0.39 is 5.91 Å². The number of aryl methyl sites for hydroxylation is 1. The molecule has 1 aliphatic carbocycles. The first-order chi connectivity index (χ1) is 20.7. The number of nitrogens with zero attached hydrogens (tertiary/aromatic N) is 2. The van der Waals surface area contributed by atoms with Gasteiger partial charge >= 0.3 is 0 Å². The quantitative estimate of drug-likeness (QED) is 0.260. The summed E-state index contributed by atoms with van der Waals surface area (Å²) in [6.07, 6.45) is 3.09. The number of likely N-dealkylation sites (N-methyl/N-ethyl adjacent to an activating group) is 1. The van der Waals surface area contributed by atoms with Crippen LogP contribution in [0.1, 0.15) is 48.4 Å². The third-order valence-corrected chi connectivity index (χ3v) is 8.47. The Labute approximate surface area is 254 Å². The maximum absolute atomic E-state index is 13.2. The molecule has 0 radical (unpaired) electrons. The Morgan fingerprint density at radius 2 is 1.63 bits per heavy atom. The number of rotatable bonds is 12. The van der Waals surface area contributed by atoms with Crippen molar-refractivity contribution < 1.29 is 28.2 Å². The highest BCUT2D eigenvalue weighted by Gasteiger charge is 2.31. The summed E-state index contributed by atoms with van der Waals surface area (Å²) in [6.45, 7) is 10.8. The summed E-state index contributed by atoms with van der Waals surface area (Å²) in [5.74, 6) is 1.95. The van der Waals surface area contributed by atoms with Crippen LogP contribution in [-0.2, 0) is 11.8 Å². The molecule has 1 fully saturated rings. The van der Waals surface area contributed by atoms with Crippen molar-refractivity contribution in [2.75, 3.05) is 78.3 Å². The molecule has 0 spiro atoms. The molecule has 2 heterocycles. The van der Waals surface area contributed by atoms with E-state index in [4.69, 9.17) is 23.4 Å². The van der Waals surface area contributed by atoms with E-state index in [1.165, 1.54) is 11.1 Å². The molecule has 2 aromatic carbocycles. The van der Waals surface area contributed by atoms with Gasteiger partial charge in [0.15, 0.2) is 17.3 Å². The summed E-state index contributed by atoms with van der Waals surface area (Å²) in [4.78, 5) is 18.1. The molecule has 232 valence electrons. The fourth-order valence-electron chi connectivity index (χ4n) is 5.78. The summed E-state index contributed by atoms with van der Waals surface area (Å²) in [6, 6.07) is 10.9. The van der Waals surface area contributed by atoms with Gasteiger partial charge in [-0.3, -0.25) is 4.79 Å². The van der Waals surface area contributed by atoms with Gasteiger partial charge in [-0.25, -0.2) is 0 Å². The molecule has 3 aromatic rings. The number of nitrogens with one attached hydrogen (secondary N) is 2.